The zero-order valence-corrected chi connectivity index (χ0v) is 11.7. The summed E-state index contributed by atoms with van der Waals surface area (Å²) < 4.78 is 5.51. The molecule has 7 heteroatoms. The lowest BCUT2D eigenvalue weighted by atomic mass is 10.1. The first-order chi connectivity index (χ1) is 8.70. The van der Waals surface area contributed by atoms with Crippen LogP contribution in [0.25, 0.3) is 0 Å². The van der Waals surface area contributed by atoms with E-state index in [1.54, 1.807) is 0 Å². The molecular weight excluding hydrogens is 270 g/mol. The van der Waals surface area contributed by atoms with E-state index in [2.05, 4.69) is 10.6 Å². The van der Waals surface area contributed by atoms with Crippen molar-refractivity contribution in [1.29, 1.82) is 0 Å². The van der Waals surface area contributed by atoms with Crippen LogP contribution < -0.4 is 16.4 Å². The predicted octanol–water partition coefficient (Wildman–Crippen LogP) is -0.301. The molecule has 6 nitrogen and oxygen atoms in total. The summed E-state index contributed by atoms with van der Waals surface area (Å²) in [6.45, 7) is 1.13. The van der Waals surface area contributed by atoms with Crippen LogP contribution in [0.1, 0.15) is 32.1 Å². The Kier molecular flexibility index (Phi) is 6.54. The van der Waals surface area contributed by atoms with Crippen LogP contribution in [-0.4, -0.2) is 43.2 Å². The van der Waals surface area contributed by atoms with Crippen LogP contribution in [0, 0.1) is 0 Å². The molecule has 2 fully saturated rings. The van der Waals surface area contributed by atoms with Crippen molar-refractivity contribution in [3.8, 4) is 0 Å². The third kappa shape index (κ3) is 4.33. The van der Waals surface area contributed by atoms with Gasteiger partial charge in [-0.2, -0.15) is 0 Å². The summed E-state index contributed by atoms with van der Waals surface area (Å²) in [5.74, 6) is -0.276. The van der Waals surface area contributed by atoms with Gasteiger partial charge in [0.05, 0.1) is 6.10 Å². The summed E-state index contributed by atoms with van der Waals surface area (Å²) in [4.78, 5) is 23.7. The second-order valence-electron chi connectivity index (χ2n) is 4.91. The molecule has 0 aliphatic carbocycles. The third-order valence-corrected chi connectivity index (χ3v) is 3.51. The Bertz CT molecular complexity index is 327. The van der Waals surface area contributed by atoms with Gasteiger partial charge < -0.3 is 21.1 Å². The number of carbonyl (C=O) groups excluding carboxylic acids is 2. The highest BCUT2D eigenvalue weighted by Crippen LogP contribution is 2.19. The van der Waals surface area contributed by atoms with E-state index in [-0.39, 0.29) is 30.3 Å². The Morgan fingerprint density at radius 1 is 1.37 bits per heavy atom. The molecule has 2 amide bonds. The topological polar surface area (TPSA) is 93.5 Å². The summed E-state index contributed by atoms with van der Waals surface area (Å²) in [6, 6.07) is -0.416. The average molecular weight is 292 g/mol. The van der Waals surface area contributed by atoms with Gasteiger partial charge in [-0.3, -0.25) is 9.59 Å². The first-order valence-corrected chi connectivity index (χ1v) is 6.64. The van der Waals surface area contributed by atoms with Crippen LogP contribution in [0.3, 0.4) is 0 Å². The van der Waals surface area contributed by atoms with Gasteiger partial charge in [-0.05, 0) is 32.1 Å². The molecule has 3 atom stereocenters. The van der Waals surface area contributed by atoms with Gasteiger partial charge in [0, 0.05) is 13.1 Å². The Morgan fingerprint density at radius 2 is 2.16 bits per heavy atom. The Hall–Kier alpha value is -0.850. The zero-order chi connectivity index (χ0) is 13.0. The van der Waals surface area contributed by atoms with E-state index >= 15 is 0 Å². The lowest BCUT2D eigenvalue weighted by molar-refractivity contribution is -0.135. The number of hydrogen-bond acceptors (Lipinski definition) is 4. The maximum Gasteiger partial charge on any atom is 0.249 e. The second-order valence-corrected chi connectivity index (χ2v) is 4.91. The molecule has 0 radical (unpaired) electrons. The molecule has 2 rings (SSSR count). The zero-order valence-electron chi connectivity index (χ0n) is 10.9. The number of nitrogens with two attached hydrogens (primary N) is 1. The molecule has 19 heavy (non-hydrogen) atoms. The van der Waals surface area contributed by atoms with Crippen molar-refractivity contribution >= 4 is 24.2 Å². The highest BCUT2D eigenvalue weighted by Gasteiger charge is 2.32. The van der Waals surface area contributed by atoms with E-state index in [1.165, 1.54) is 0 Å². The largest absolute Gasteiger partial charge is 0.364 e. The summed E-state index contributed by atoms with van der Waals surface area (Å²) >= 11 is 0. The lowest BCUT2D eigenvalue weighted by Gasteiger charge is -2.18. The number of carbonyl (C=O) groups is 2. The van der Waals surface area contributed by atoms with E-state index in [0.717, 1.165) is 19.3 Å². The highest BCUT2D eigenvalue weighted by atomic mass is 35.5. The number of hydrogen-bond donors (Lipinski definition) is 3. The molecule has 4 N–H and O–H groups in total. The van der Waals surface area contributed by atoms with Crippen LogP contribution >= 0.6 is 12.4 Å². The van der Waals surface area contributed by atoms with Crippen LogP contribution in [0.4, 0.5) is 0 Å². The summed E-state index contributed by atoms with van der Waals surface area (Å²) in [7, 11) is 0. The minimum absolute atomic E-state index is 0. The van der Waals surface area contributed by atoms with Crippen LogP contribution in [-0.2, 0) is 14.3 Å². The molecule has 2 aliphatic rings. The first-order valence-electron chi connectivity index (χ1n) is 6.64. The molecule has 0 aromatic rings. The molecule has 1 unspecified atom stereocenters. The van der Waals surface area contributed by atoms with Crippen molar-refractivity contribution in [2.24, 2.45) is 5.73 Å². The quantitative estimate of drug-likeness (QED) is 0.665. The second kappa shape index (κ2) is 7.67. The summed E-state index contributed by atoms with van der Waals surface area (Å²) in [6.07, 6.45) is 3.63. The van der Waals surface area contributed by atoms with Crippen molar-refractivity contribution in [2.45, 2.75) is 50.4 Å². The van der Waals surface area contributed by atoms with E-state index in [4.69, 9.17) is 10.5 Å². The van der Waals surface area contributed by atoms with Crippen molar-refractivity contribution < 1.29 is 14.3 Å². The molecule has 2 aliphatic heterocycles. The number of nitrogens with one attached hydrogen (secondary N) is 2. The fraction of sp³-hybridized carbons (Fsp3) is 0.833. The molecule has 2 saturated heterocycles. The standard InChI is InChI=1S/C12H21N3O3.ClH/c13-7-8-4-5-10(18-8)12(17)15-9-3-1-2-6-14-11(9)16;/h8-10H,1-7,13H2,(H,14,16)(H,15,17);1H/t8-,9?,10+;/m1./s1. The van der Waals surface area contributed by atoms with Crippen molar-refractivity contribution in [3.63, 3.8) is 0 Å². The fourth-order valence-electron chi connectivity index (χ4n) is 2.41. The molecule has 0 aromatic carbocycles. The Balaban J connectivity index is 0.00000180. The molecule has 0 bridgehead atoms. The number of rotatable bonds is 3. The van der Waals surface area contributed by atoms with Gasteiger partial charge in [-0.25, -0.2) is 0 Å². The molecule has 2 heterocycles. The molecule has 0 spiro atoms. The van der Waals surface area contributed by atoms with Gasteiger partial charge in [-0.15, -0.1) is 12.4 Å². The molecule has 110 valence electrons. The van der Waals surface area contributed by atoms with Gasteiger partial charge in [-0.1, -0.05) is 0 Å². The first kappa shape index (κ1) is 16.2. The fourth-order valence-corrected chi connectivity index (χ4v) is 2.41. The number of ether oxygens (including phenoxy) is 1. The molecule has 0 saturated carbocycles. The predicted molar refractivity (Wildman–Crippen MR) is 73.0 cm³/mol. The maximum absolute atomic E-state index is 12.0. The monoisotopic (exact) mass is 291 g/mol. The summed E-state index contributed by atoms with van der Waals surface area (Å²) in [5, 5.41) is 5.57. The minimum atomic E-state index is -0.449. The van der Waals surface area contributed by atoms with E-state index in [1.807, 2.05) is 0 Å². The number of amides is 2. The minimum Gasteiger partial charge on any atom is -0.364 e. The highest BCUT2D eigenvalue weighted by molar-refractivity contribution is 5.89. The van der Waals surface area contributed by atoms with E-state index in [9.17, 15) is 9.59 Å². The van der Waals surface area contributed by atoms with Gasteiger partial charge in [0.15, 0.2) is 0 Å². The van der Waals surface area contributed by atoms with Crippen LogP contribution in [0.15, 0.2) is 0 Å². The van der Waals surface area contributed by atoms with Crippen LogP contribution in [0.2, 0.25) is 0 Å². The smallest absolute Gasteiger partial charge is 0.249 e. The van der Waals surface area contributed by atoms with Crippen LogP contribution in [0.5, 0.6) is 0 Å². The molecule has 0 aromatic heterocycles. The average Bonchev–Trinajstić information content (AvgIpc) is 2.77. The van der Waals surface area contributed by atoms with E-state index in [0.29, 0.717) is 25.9 Å². The van der Waals surface area contributed by atoms with Crippen molar-refractivity contribution in [1.82, 2.24) is 10.6 Å². The third-order valence-electron chi connectivity index (χ3n) is 3.51. The van der Waals surface area contributed by atoms with Crippen molar-refractivity contribution in [3.05, 3.63) is 0 Å². The normalized spacial score (nSPS) is 31.0. The van der Waals surface area contributed by atoms with Gasteiger partial charge in [0.25, 0.3) is 0 Å². The maximum atomic E-state index is 12.0. The summed E-state index contributed by atoms with van der Waals surface area (Å²) in [5.41, 5.74) is 5.50. The molecular formula is C12H22ClN3O3. The van der Waals surface area contributed by atoms with Gasteiger partial charge in [0.2, 0.25) is 11.8 Å². The number of halogens is 1. The van der Waals surface area contributed by atoms with Gasteiger partial charge >= 0.3 is 0 Å². The van der Waals surface area contributed by atoms with Gasteiger partial charge in [0.1, 0.15) is 12.1 Å². The Labute approximate surface area is 119 Å². The van der Waals surface area contributed by atoms with E-state index < -0.39 is 12.1 Å². The SMILES string of the molecule is Cl.NC[C@H]1CC[C@@H](C(=O)NC2CCCCNC2=O)O1. The lowest BCUT2D eigenvalue weighted by Crippen LogP contribution is -2.48. The Morgan fingerprint density at radius 3 is 2.84 bits per heavy atom. The van der Waals surface area contributed by atoms with Crippen molar-refractivity contribution in [2.75, 3.05) is 13.1 Å².